The molecular formula is C26H36N2. The first-order chi connectivity index (χ1) is 13.1. The topological polar surface area (TPSA) is 27.1 Å². The molecular weight excluding hydrogens is 340 g/mol. The van der Waals surface area contributed by atoms with Crippen LogP contribution >= 0.6 is 0 Å². The predicted molar refractivity (Wildman–Crippen MR) is 121 cm³/mol. The van der Waals surface area contributed by atoms with Crippen molar-refractivity contribution in [1.82, 2.24) is 4.90 Å². The van der Waals surface area contributed by atoms with E-state index < -0.39 is 0 Å². The average Bonchev–Trinajstić information content (AvgIpc) is 2.86. The second-order valence-corrected chi connectivity index (χ2v) is 9.45. The number of nitrogens with one attached hydrogen (secondary N) is 1. The highest BCUT2D eigenvalue weighted by Gasteiger charge is 2.34. The van der Waals surface area contributed by atoms with Gasteiger partial charge in [-0.1, -0.05) is 52.0 Å². The summed E-state index contributed by atoms with van der Waals surface area (Å²) < 4.78 is 0. The number of aryl methyl sites for hydroxylation is 2. The maximum atomic E-state index is 8.54. The SMILES string of the molecule is CCCN(C)C(=N)c1cc(C)c(Cc2ccc3c(c2)C(C)CC3(C)C)cc1C. The Labute approximate surface area is 171 Å². The lowest BCUT2D eigenvalue weighted by Crippen LogP contribution is -2.28. The molecule has 0 aromatic heterocycles. The van der Waals surface area contributed by atoms with Gasteiger partial charge < -0.3 is 4.90 Å². The summed E-state index contributed by atoms with van der Waals surface area (Å²) in [5.41, 5.74) is 9.67. The zero-order valence-electron chi connectivity index (χ0n) is 18.7. The summed E-state index contributed by atoms with van der Waals surface area (Å²) in [4.78, 5) is 2.05. The number of benzene rings is 2. The number of hydrogen-bond acceptors (Lipinski definition) is 1. The Morgan fingerprint density at radius 2 is 1.86 bits per heavy atom. The Kier molecular flexibility index (Phi) is 5.70. The summed E-state index contributed by atoms with van der Waals surface area (Å²) in [6.07, 6.45) is 3.26. The van der Waals surface area contributed by atoms with Crippen molar-refractivity contribution in [2.24, 2.45) is 0 Å². The van der Waals surface area contributed by atoms with Gasteiger partial charge in [0.2, 0.25) is 0 Å². The molecule has 0 heterocycles. The lowest BCUT2D eigenvalue weighted by atomic mass is 9.85. The minimum absolute atomic E-state index is 0.298. The molecule has 0 radical (unpaired) electrons. The van der Waals surface area contributed by atoms with Gasteiger partial charge >= 0.3 is 0 Å². The van der Waals surface area contributed by atoms with Crippen LogP contribution in [-0.2, 0) is 11.8 Å². The molecule has 0 aliphatic heterocycles. The molecule has 1 N–H and O–H groups in total. The van der Waals surface area contributed by atoms with E-state index in [9.17, 15) is 0 Å². The van der Waals surface area contributed by atoms with Crippen molar-refractivity contribution < 1.29 is 0 Å². The largest absolute Gasteiger partial charge is 0.360 e. The molecule has 2 heteroatoms. The van der Waals surface area contributed by atoms with Crippen LogP contribution in [0.5, 0.6) is 0 Å². The van der Waals surface area contributed by atoms with Gasteiger partial charge in [0.15, 0.2) is 0 Å². The maximum absolute atomic E-state index is 8.54. The predicted octanol–water partition coefficient (Wildman–Crippen LogP) is 6.35. The van der Waals surface area contributed by atoms with Gasteiger partial charge in [-0.15, -0.1) is 0 Å². The van der Waals surface area contributed by atoms with Crippen LogP contribution in [0.2, 0.25) is 0 Å². The van der Waals surface area contributed by atoms with Crippen LogP contribution in [-0.4, -0.2) is 24.3 Å². The van der Waals surface area contributed by atoms with Crippen molar-refractivity contribution in [2.45, 2.75) is 72.1 Å². The van der Waals surface area contributed by atoms with Crippen molar-refractivity contribution >= 4 is 5.84 Å². The average molecular weight is 377 g/mol. The van der Waals surface area contributed by atoms with Crippen molar-refractivity contribution in [3.8, 4) is 0 Å². The fourth-order valence-corrected chi connectivity index (χ4v) is 4.93. The number of rotatable bonds is 5. The van der Waals surface area contributed by atoms with Gasteiger partial charge in [0.1, 0.15) is 5.84 Å². The Bertz CT molecular complexity index is 892. The second kappa shape index (κ2) is 7.73. The summed E-state index contributed by atoms with van der Waals surface area (Å²) in [5.74, 6) is 1.27. The van der Waals surface area contributed by atoms with E-state index in [4.69, 9.17) is 5.41 Å². The van der Waals surface area contributed by atoms with Gasteiger partial charge in [0.05, 0.1) is 0 Å². The molecule has 2 aromatic carbocycles. The van der Waals surface area contributed by atoms with Crippen molar-refractivity contribution in [2.75, 3.05) is 13.6 Å². The van der Waals surface area contributed by atoms with Crippen molar-refractivity contribution in [3.63, 3.8) is 0 Å². The second-order valence-electron chi connectivity index (χ2n) is 9.45. The molecule has 0 saturated carbocycles. The van der Waals surface area contributed by atoms with Crippen molar-refractivity contribution in [1.29, 1.82) is 5.41 Å². The van der Waals surface area contributed by atoms with E-state index in [1.54, 1.807) is 0 Å². The smallest absolute Gasteiger partial charge is 0.128 e. The van der Waals surface area contributed by atoms with Crippen LogP contribution in [0.1, 0.15) is 85.4 Å². The quantitative estimate of drug-likeness (QED) is 0.478. The van der Waals surface area contributed by atoms with Crippen LogP contribution < -0.4 is 0 Å². The molecule has 2 nitrogen and oxygen atoms in total. The molecule has 0 saturated heterocycles. The molecule has 0 amide bonds. The third-order valence-corrected chi connectivity index (χ3v) is 6.47. The molecule has 0 fully saturated rings. The Morgan fingerprint density at radius 3 is 2.54 bits per heavy atom. The summed E-state index contributed by atoms with van der Waals surface area (Å²) in [7, 11) is 2.02. The molecule has 1 aliphatic rings. The highest BCUT2D eigenvalue weighted by Crippen LogP contribution is 2.45. The highest BCUT2D eigenvalue weighted by molar-refractivity contribution is 5.97. The van der Waals surface area contributed by atoms with E-state index in [1.807, 2.05) is 11.9 Å². The summed E-state index contributed by atoms with van der Waals surface area (Å²) in [6, 6.07) is 11.6. The van der Waals surface area contributed by atoms with Gasteiger partial charge in [-0.05, 0) is 83.9 Å². The summed E-state index contributed by atoms with van der Waals surface area (Å²) >= 11 is 0. The van der Waals surface area contributed by atoms with E-state index in [1.165, 1.54) is 39.8 Å². The van der Waals surface area contributed by atoms with E-state index in [2.05, 4.69) is 71.9 Å². The lowest BCUT2D eigenvalue weighted by molar-refractivity contribution is 0.489. The molecule has 1 unspecified atom stereocenters. The van der Waals surface area contributed by atoms with E-state index in [-0.39, 0.29) is 0 Å². The van der Waals surface area contributed by atoms with Gasteiger partial charge in [-0.3, -0.25) is 5.41 Å². The number of hydrogen-bond donors (Lipinski definition) is 1. The Hall–Kier alpha value is -2.09. The first kappa shape index (κ1) is 20.6. The summed E-state index contributed by atoms with van der Waals surface area (Å²) in [6.45, 7) is 14.5. The van der Waals surface area contributed by atoms with E-state index >= 15 is 0 Å². The van der Waals surface area contributed by atoms with Crippen molar-refractivity contribution in [3.05, 3.63) is 69.3 Å². The fraction of sp³-hybridized carbons (Fsp3) is 0.500. The minimum Gasteiger partial charge on any atom is -0.360 e. The highest BCUT2D eigenvalue weighted by atomic mass is 15.1. The first-order valence-corrected chi connectivity index (χ1v) is 10.7. The number of fused-ring (bicyclic) bond motifs is 1. The maximum Gasteiger partial charge on any atom is 0.128 e. The third-order valence-electron chi connectivity index (χ3n) is 6.47. The normalized spacial score (nSPS) is 17.5. The van der Waals surface area contributed by atoms with Gasteiger partial charge in [0.25, 0.3) is 0 Å². The lowest BCUT2D eigenvalue weighted by Gasteiger charge is -2.22. The van der Waals surface area contributed by atoms with Gasteiger partial charge in [-0.25, -0.2) is 0 Å². The number of amidine groups is 1. The van der Waals surface area contributed by atoms with Crippen LogP contribution in [0.15, 0.2) is 30.3 Å². The van der Waals surface area contributed by atoms with E-state index in [0.717, 1.165) is 24.9 Å². The van der Waals surface area contributed by atoms with Crippen LogP contribution in [0.3, 0.4) is 0 Å². The molecule has 2 aromatic rings. The van der Waals surface area contributed by atoms with Crippen LogP contribution in [0.4, 0.5) is 0 Å². The first-order valence-electron chi connectivity index (χ1n) is 10.7. The zero-order valence-corrected chi connectivity index (χ0v) is 18.7. The molecule has 150 valence electrons. The molecule has 1 aliphatic carbocycles. The monoisotopic (exact) mass is 376 g/mol. The zero-order chi connectivity index (χ0) is 20.6. The van der Waals surface area contributed by atoms with Gasteiger partial charge in [-0.2, -0.15) is 0 Å². The number of nitrogens with zero attached hydrogens (tertiary/aromatic N) is 1. The third kappa shape index (κ3) is 3.87. The van der Waals surface area contributed by atoms with E-state index in [0.29, 0.717) is 17.2 Å². The minimum atomic E-state index is 0.298. The standard InChI is InChI=1S/C26H36N2/c1-8-11-28(7)25(27)23-13-17(2)21(12-18(23)3)14-20-9-10-24-22(15-20)19(4)16-26(24,5)6/h9-10,12-13,15,19,27H,8,11,14,16H2,1-7H3. The Balaban J connectivity index is 1.87. The van der Waals surface area contributed by atoms with Crippen LogP contribution in [0.25, 0.3) is 0 Å². The molecule has 1 atom stereocenters. The van der Waals surface area contributed by atoms with Gasteiger partial charge in [0, 0.05) is 19.2 Å². The van der Waals surface area contributed by atoms with Crippen LogP contribution in [0, 0.1) is 19.3 Å². The Morgan fingerprint density at radius 1 is 1.14 bits per heavy atom. The molecule has 0 spiro atoms. The molecule has 3 rings (SSSR count). The molecule has 0 bridgehead atoms. The fourth-order valence-electron chi connectivity index (χ4n) is 4.93. The summed E-state index contributed by atoms with van der Waals surface area (Å²) in [5, 5.41) is 8.54. The molecule has 28 heavy (non-hydrogen) atoms.